The Morgan fingerprint density at radius 3 is 2.43 bits per heavy atom. The van der Waals surface area contributed by atoms with E-state index in [0.29, 0.717) is 12.4 Å². The van der Waals surface area contributed by atoms with Crippen LogP contribution in [0.4, 0.5) is 0 Å². The van der Waals surface area contributed by atoms with Gasteiger partial charge in [0.15, 0.2) is 9.84 Å². The second-order valence-electron chi connectivity index (χ2n) is 4.69. The molecule has 0 fully saturated rings. The Morgan fingerprint density at radius 1 is 1.33 bits per heavy atom. The molecule has 0 aliphatic heterocycles. The van der Waals surface area contributed by atoms with E-state index in [1.165, 1.54) is 12.1 Å². The molecule has 1 atom stereocenters. The molecule has 2 N–H and O–H groups in total. The second-order valence-corrected chi connectivity index (χ2v) is 7.29. The zero-order valence-electron chi connectivity index (χ0n) is 12.0. The topological polar surface area (TPSA) is 86.5 Å². The quantitative estimate of drug-likeness (QED) is 0.534. The maximum Gasteiger partial charge on any atom is 0.218 e. The van der Waals surface area contributed by atoms with E-state index < -0.39 is 21.0 Å². The molecule has 1 unspecified atom stereocenters. The third-order valence-electron chi connectivity index (χ3n) is 2.99. The number of hydrogen-bond acceptors (Lipinski definition) is 5. The SMILES string of the molecule is CCCCOc1ccc(S(=O)(=O)C(CS)CC(N)=O)cc1. The lowest BCUT2D eigenvalue weighted by Crippen LogP contribution is -2.29. The van der Waals surface area contributed by atoms with Crippen LogP contribution in [0.5, 0.6) is 5.75 Å². The number of carbonyl (C=O) groups is 1. The molecule has 118 valence electrons. The summed E-state index contributed by atoms with van der Waals surface area (Å²) in [5.41, 5.74) is 5.08. The van der Waals surface area contributed by atoms with Gasteiger partial charge in [-0.05, 0) is 30.7 Å². The predicted octanol–water partition coefficient (Wildman–Crippen LogP) is 1.81. The zero-order valence-corrected chi connectivity index (χ0v) is 13.7. The molecule has 0 bridgehead atoms. The molecule has 0 spiro atoms. The number of amides is 1. The average Bonchev–Trinajstić information content (AvgIpc) is 2.45. The lowest BCUT2D eigenvalue weighted by molar-refractivity contribution is -0.117. The molecule has 0 saturated carbocycles. The van der Waals surface area contributed by atoms with Gasteiger partial charge in [0.05, 0.1) is 16.8 Å². The molecule has 0 radical (unpaired) electrons. The van der Waals surface area contributed by atoms with Gasteiger partial charge in [-0.15, -0.1) is 0 Å². The lowest BCUT2D eigenvalue weighted by atomic mass is 10.3. The summed E-state index contributed by atoms with van der Waals surface area (Å²) >= 11 is 4.00. The summed E-state index contributed by atoms with van der Waals surface area (Å²) in [5, 5.41) is -0.912. The van der Waals surface area contributed by atoms with Gasteiger partial charge in [-0.25, -0.2) is 8.42 Å². The lowest BCUT2D eigenvalue weighted by Gasteiger charge is -2.14. The molecule has 0 aliphatic rings. The second kappa shape index (κ2) is 8.29. The van der Waals surface area contributed by atoms with Crippen LogP contribution in [-0.2, 0) is 14.6 Å². The van der Waals surface area contributed by atoms with Gasteiger partial charge < -0.3 is 10.5 Å². The van der Waals surface area contributed by atoms with E-state index in [2.05, 4.69) is 19.6 Å². The molecule has 0 heterocycles. The van der Waals surface area contributed by atoms with Gasteiger partial charge in [0.1, 0.15) is 5.75 Å². The fourth-order valence-corrected chi connectivity index (χ4v) is 3.95. The molecule has 1 aromatic rings. The van der Waals surface area contributed by atoms with E-state index in [0.717, 1.165) is 12.8 Å². The van der Waals surface area contributed by atoms with E-state index in [1.807, 2.05) is 0 Å². The maximum absolute atomic E-state index is 12.4. The first-order valence-electron chi connectivity index (χ1n) is 6.77. The number of nitrogens with two attached hydrogens (primary N) is 1. The number of rotatable bonds is 9. The highest BCUT2D eigenvalue weighted by Crippen LogP contribution is 2.22. The van der Waals surface area contributed by atoms with Crippen LogP contribution in [0.2, 0.25) is 0 Å². The normalized spacial score (nSPS) is 12.9. The Balaban J connectivity index is 2.85. The number of carbonyl (C=O) groups excluding carboxylic acids is 1. The molecule has 1 amide bonds. The Morgan fingerprint density at radius 2 is 1.95 bits per heavy atom. The highest BCUT2D eigenvalue weighted by atomic mass is 32.2. The number of sulfone groups is 1. The van der Waals surface area contributed by atoms with E-state index >= 15 is 0 Å². The first-order chi connectivity index (χ1) is 9.91. The Bertz CT molecular complexity index is 555. The first-order valence-corrected chi connectivity index (χ1v) is 8.95. The molecule has 0 saturated heterocycles. The number of hydrogen-bond donors (Lipinski definition) is 2. The van der Waals surface area contributed by atoms with Crippen LogP contribution < -0.4 is 10.5 Å². The summed E-state index contributed by atoms with van der Waals surface area (Å²) in [4.78, 5) is 11.1. The van der Waals surface area contributed by atoms with Gasteiger partial charge in [0.2, 0.25) is 5.91 Å². The summed E-state index contributed by atoms with van der Waals surface area (Å²) in [6.07, 6.45) is 1.74. The summed E-state index contributed by atoms with van der Waals surface area (Å²) in [6, 6.07) is 6.19. The summed E-state index contributed by atoms with van der Waals surface area (Å²) in [5.74, 6) is 0.0110. The van der Waals surface area contributed by atoms with E-state index in [-0.39, 0.29) is 17.1 Å². The molecule has 0 aliphatic carbocycles. The third-order valence-corrected chi connectivity index (χ3v) is 5.82. The van der Waals surface area contributed by atoms with Gasteiger partial charge in [0, 0.05) is 12.2 Å². The molecule has 0 aromatic heterocycles. The van der Waals surface area contributed by atoms with E-state index in [1.54, 1.807) is 12.1 Å². The van der Waals surface area contributed by atoms with E-state index in [4.69, 9.17) is 10.5 Å². The predicted molar refractivity (Wildman–Crippen MR) is 85.5 cm³/mol. The third kappa shape index (κ3) is 5.24. The largest absolute Gasteiger partial charge is 0.494 e. The van der Waals surface area contributed by atoms with Crippen molar-refractivity contribution in [2.45, 2.75) is 36.3 Å². The minimum absolute atomic E-state index is 0.0417. The maximum atomic E-state index is 12.4. The molecule has 5 nitrogen and oxygen atoms in total. The van der Waals surface area contributed by atoms with Crippen molar-refractivity contribution in [3.63, 3.8) is 0 Å². The van der Waals surface area contributed by atoms with Crippen LogP contribution in [0.15, 0.2) is 29.2 Å². The Hall–Kier alpha value is -1.21. The number of thiol groups is 1. The number of unbranched alkanes of at least 4 members (excludes halogenated alkanes) is 1. The van der Waals surface area contributed by atoms with Gasteiger partial charge >= 0.3 is 0 Å². The Kier molecular flexibility index (Phi) is 7.04. The van der Waals surface area contributed by atoms with Crippen molar-refractivity contribution < 1.29 is 17.9 Å². The van der Waals surface area contributed by atoms with Crippen LogP contribution in [0.1, 0.15) is 26.2 Å². The summed E-state index contributed by atoms with van der Waals surface area (Å²) in [7, 11) is -3.62. The van der Waals surface area contributed by atoms with Crippen molar-refractivity contribution in [1.82, 2.24) is 0 Å². The fourth-order valence-electron chi connectivity index (χ4n) is 1.75. The van der Waals surface area contributed by atoms with Gasteiger partial charge in [-0.2, -0.15) is 12.6 Å². The standard InChI is InChI=1S/C14H21NO4S2/c1-2-3-8-19-11-4-6-12(7-5-11)21(17,18)13(10-20)9-14(15)16/h4-7,13,20H,2-3,8-10H2,1H3,(H2,15,16). The summed E-state index contributed by atoms with van der Waals surface area (Å²) < 4.78 is 30.2. The van der Waals surface area contributed by atoms with Crippen molar-refractivity contribution in [3.8, 4) is 5.75 Å². The molecule has 1 aromatic carbocycles. The zero-order chi connectivity index (χ0) is 15.9. The van der Waals surface area contributed by atoms with Crippen molar-refractivity contribution in [2.75, 3.05) is 12.4 Å². The van der Waals surface area contributed by atoms with Crippen molar-refractivity contribution in [3.05, 3.63) is 24.3 Å². The van der Waals surface area contributed by atoms with Crippen molar-refractivity contribution in [1.29, 1.82) is 0 Å². The van der Waals surface area contributed by atoms with Crippen LogP contribution in [0.25, 0.3) is 0 Å². The van der Waals surface area contributed by atoms with Crippen LogP contribution in [0, 0.1) is 0 Å². The summed E-state index contributed by atoms with van der Waals surface area (Å²) in [6.45, 7) is 2.67. The monoisotopic (exact) mass is 331 g/mol. The highest BCUT2D eigenvalue weighted by molar-refractivity contribution is 7.93. The van der Waals surface area contributed by atoms with Crippen molar-refractivity contribution in [2.24, 2.45) is 5.73 Å². The van der Waals surface area contributed by atoms with E-state index in [9.17, 15) is 13.2 Å². The first kappa shape index (κ1) is 17.8. The Labute approximate surface area is 131 Å². The number of benzene rings is 1. The fraction of sp³-hybridized carbons (Fsp3) is 0.500. The van der Waals surface area contributed by atoms with Gasteiger partial charge in [0.25, 0.3) is 0 Å². The van der Waals surface area contributed by atoms with Crippen LogP contribution >= 0.6 is 12.6 Å². The molecular weight excluding hydrogens is 310 g/mol. The van der Waals surface area contributed by atoms with Crippen LogP contribution in [-0.4, -0.2) is 31.9 Å². The minimum atomic E-state index is -3.62. The minimum Gasteiger partial charge on any atom is -0.494 e. The smallest absolute Gasteiger partial charge is 0.218 e. The number of primary amides is 1. The average molecular weight is 331 g/mol. The highest BCUT2D eigenvalue weighted by Gasteiger charge is 2.27. The number of ether oxygens (including phenoxy) is 1. The molecule has 1 rings (SSSR count). The van der Waals surface area contributed by atoms with Crippen LogP contribution in [0.3, 0.4) is 0 Å². The van der Waals surface area contributed by atoms with Gasteiger partial charge in [-0.1, -0.05) is 13.3 Å². The van der Waals surface area contributed by atoms with Crippen molar-refractivity contribution >= 4 is 28.4 Å². The molecular formula is C14H21NO4S2. The van der Waals surface area contributed by atoms with Gasteiger partial charge in [-0.3, -0.25) is 4.79 Å². The molecule has 21 heavy (non-hydrogen) atoms. The molecule has 7 heteroatoms.